The van der Waals surface area contributed by atoms with Gasteiger partial charge in [0.1, 0.15) is 6.10 Å². The fourth-order valence-electron chi connectivity index (χ4n) is 17.8. The van der Waals surface area contributed by atoms with Crippen molar-refractivity contribution in [2.75, 3.05) is 39.3 Å². The van der Waals surface area contributed by atoms with Crippen LogP contribution in [0.1, 0.15) is 166 Å². The number of carbonyl (C=O) groups is 3. The van der Waals surface area contributed by atoms with Gasteiger partial charge in [-0.1, -0.05) is 55.4 Å². The maximum absolute atomic E-state index is 15.6. The van der Waals surface area contributed by atoms with Crippen LogP contribution in [0.4, 0.5) is 0 Å². The summed E-state index contributed by atoms with van der Waals surface area (Å²) in [6.45, 7) is 30.5. The maximum Gasteiger partial charge on any atom is 0.309 e. The largest absolute Gasteiger partial charge is 0.481 e. The summed E-state index contributed by atoms with van der Waals surface area (Å²) < 4.78 is 6.50. The summed E-state index contributed by atoms with van der Waals surface area (Å²) in [7, 11) is 0. The van der Waals surface area contributed by atoms with Crippen molar-refractivity contribution >= 4 is 17.8 Å². The standard InChI is InChI=1S/C51H83N3O5/c1-32(2)53-28-26-52(27-29-53)31-33-12-11-25-54(33)44(58)51-20-15-34(47(7)21-22-47)41(51)35-13-14-39-48(8)18-17-40(59-43(57)37-30-36(42(55)56)45(37,3)4)46(5,6)38(48)16-19-50(39,10)49(35,9)23-24-51/h32-41H,11-31H2,1-10H3,(H,55,56)/t33-,34+,35+,36-,37+,38-,39+,40-,41+,48-,49+,50+,51-/m0/s1. The van der Waals surface area contributed by atoms with Gasteiger partial charge >= 0.3 is 11.9 Å². The highest BCUT2D eigenvalue weighted by Crippen LogP contribution is 2.79. The Hall–Kier alpha value is -1.67. The summed E-state index contributed by atoms with van der Waals surface area (Å²) in [6, 6.07) is 0.977. The molecule has 9 rings (SSSR count). The van der Waals surface area contributed by atoms with Crippen molar-refractivity contribution < 1.29 is 24.2 Å². The predicted octanol–water partition coefficient (Wildman–Crippen LogP) is 9.54. The van der Waals surface area contributed by atoms with Gasteiger partial charge in [-0.3, -0.25) is 24.2 Å². The number of carboxylic acid groups (broad SMARTS) is 1. The molecule has 0 bridgehead atoms. The van der Waals surface area contributed by atoms with E-state index in [1.807, 2.05) is 13.8 Å². The normalized spacial score (nSPS) is 47.3. The lowest BCUT2D eigenvalue weighted by Crippen LogP contribution is -2.68. The van der Waals surface area contributed by atoms with Crippen LogP contribution in [0, 0.1) is 79.3 Å². The van der Waals surface area contributed by atoms with Gasteiger partial charge in [0, 0.05) is 56.8 Å². The van der Waals surface area contributed by atoms with Gasteiger partial charge in [0.2, 0.25) is 5.91 Å². The van der Waals surface area contributed by atoms with E-state index in [4.69, 9.17) is 4.74 Å². The number of likely N-dealkylation sites (tertiary alicyclic amines) is 1. The Labute approximate surface area is 358 Å². The zero-order valence-corrected chi connectivity index (χ0v) is 39.0. The topological polar surface area (TPSA) is 90.4 Å². The summed E-state index contributed by atoms with van der Waals surface area (Å²) in [4.78, 5) is 48.9. The lowest BCUT2D eigenvalue weighted by atomic mass is 9.32. The van der Waals surface area contributed by atoms with E-state index in [0.29, 0.717) is 59.4 Å². The van der Waals surface area contributed by atoms with Crippen LogP contribution < -0.4 is 0 Å². The molecule has 0 aromatic heterocycles. The molecule has 0 unspecified atom stereocenters. The SMILES string of the molecule is CC(C)N1CCN(C[C@@H]2CCCN2C(=O)[C@]23CC[C@@H](C4(C)CC4)[C@@H]2[C@H]2CC[C@@H]4[C@@]5(C)CC[C@H](OC(=O)[C@H]6C[C@@H](C(=O)O)C6(C)C)C(C)(C)[C@@H]5CC[C@@]4(C)[C@]2(C)CC3)CC1. The number of amides is 1. The van der Waals surface area contributed by atoms with Gasteiger partial charge in [-0.25, -0.2) is 0 Å². The van der Waals surface area contributed by atoms with E-state index in [0.717, 1.165) is 71.4 Å². The smallest absolute Gasteiger partial charge is 0.309 e. The molecule has 9 fully saturated rings. The van der Waals surface area contributed by atoms with E-state index in [-0.39, 0.29) is 45.1 Å². The minimum absolute atomic E-state index is 0.136. The summed E-state index contributed by atoms with van der Waals surface area (Å²) in [5.41, 5.74) is 0.0847. The number of carbonyl (C=O) groups excluding carboxylic acids is 2. The number of aliphatic carboxylic acids is 1. The number of esters is 1. The third-order valence-corrected chi connectivity index (χ3v) is 22.1. The van der Waals surface area contributed by atoms with Crippen LogP contribution >= 0.6 is 0 Å². The summed E-state index contributed by atoms with van der Waals surface area (Å²) in [6.07, 6.45) is 16.8. The maximum atomic E-state index is 15.6. The number of fused-ring (bicyclic) bond motifs is 7. The first-order valence-electron chi connectivity index (χ1n) is 24.8. The summed E-state index contributed by atoms with van der Waals surface area (Å²) in [5, 5.41) is 9.72. The fraction of sp³-hybridized carbons (Fsp3) is 0.941. The second-order valence-electron chi connectivity index (χ2n) is 25.2. The highest BCUT2D eigenvalue weighted by Gasteiger charge is 2.74. The lowest BCUT2D eigenvalue weighted by Gasteiger charge is -2.73. The van der Waals surface area contributed by atoms with Gasteiger partial charge in [-0.05, 0) is 167 Å². The molecule has 0 spiro atoms. The Kier molecular flexibility index (Phi) is 10.2. The minimum atomic E-state index is -0.802. The molecule has 0 radical (unpaired) electrons. The van der Waals surface area contributed by atoms with Gasteiger partial charge in [-0.15, -0.1) is 0 Å². The lowest BCUT2D eigenvalue weighted by molar-refractivity contribution is -0.253. The number of hydrogen-bond donors (Lipinski definition) is 1. The summed E-state index contributed by atoms with van der Waals surface area (Å²) >= 11 is 0. The molecular formula is C51H83N3O5. The van der Waals surface area contributed by atoms with Crippen LogP contribution in [0.3, 0.4) is 0 Å². The van der Waals surface area contributed by atoms with E-state index >= 15 is 4.79 Å². The number of hydrogen-bond acceptors (Lipinski definition) is 6. The number of piperazine rings is 1. The minimum Gasteiger partial charge on any atom is -0.481 e. The van der Waals surface area contributed by atoms with Crippen LogP contribution in [0.15, 0.2) is 0 Å². The molecule has 13 atom stereocenters. The van der Waals surface area contributed by atoms with Gasteiger partial charge in [0.15, 0.2) is 0 Å². The van der Waals surface area contributed by atoms with Crippen molar-refractivity contribution in [3.8, 4) is 0 Å². The van der Waals surface area contributed by atoms with Crippen molar-refractivity contribution in [2.45, 2.75) is 184 Å². The van der Waals surface area contributed by atoms with Crippen molar-refractivity contribution in [3.63, 3.8) is 0 Å². The molecule has 2 heterocycles. The Morgan fingerprint density at radius 1 is 0.678 bits per heavy atom. The Balaban J connectivity index is 0.947. The van der Waals surface area contributed by atoms with Gasteiger partial charge in [-0.2, -0.15) is 0 Å². The first-order chi connectivity index (χ1) is 27.6. The number of carboxylic acids is 1. The third-order valence-electron chi connectivity index (χ3n) is 22.1. The fourth-order valence-corrected chi connectivity index (χ4v) is 17.8. The van der Waals surface area contributed by atoms with E-state index in [1.165, 1.54) is 57.8 Å². The highest BCUT2D eigenvalue weighted by atomic mass is 16.5. The summed E-state index contributed by atoms with van der Waals surface area (Å²) in [5.74, 6) is 1.62. The number of ether oxygens (including phenoxy) is 1. The number of rotatable bonds is 8. The second-order valence-corrected chi connectivity index (χ2v) is 25.2. The first-order valence-corrected chi connectivity index (χ1v) is 24.8. The van der Waals surface area contributed by atoms with Crippen LogP contribution in [0.5, 0.6) is 0 Å². The third kappa shape index (κ3) is 6.16. The predicted molar refractivity (Wildman–Crippen MR) is 232 cm³/mol. The van der Waals surface area contributed by atoms with E-state index in [1.54, 1.807) is 0 Å². The van der Waals surface area contributed by atoms with E-state index in [2.05, 4.69) is 70.1 Å². The molecule has 2 saturated heterocycles. The van der Waals surface area contributed by atoms with Gasteiger partial charge in [0.25, 0.3) is 0 Å². The van der Waals surface area contributed by atoms with Crippen molar-refractivity contribution in [1.29, 1.82) is 0 Å². The average Bonchev–Trinajstić information content (AvgIpc) is 3.53. The molecule has 0 aromatic rings. The van der Waals surface area contributed by atoms with Crippen molar-refractivity contribution in [1.82, 2.24) is 14.7 Å². The van der Waals surface area contributed by atoms with Crippen LogP contribution in [0.25, 0.3) is 0 Å². The molecule has 8 heteroatoms. The Bertz CT molecular complexity index is 1680. The molecule has 332 valence electrons. The molecule has 0 aromatic carbocycles. The molecule has 7 saturated carbocycles. The molecule has 1 N–H and O–H groups in total. The molecular weight excluding hydrogens is 735 g/mol. The molecule has 2 aliphatic heterocycles. The molecule has 1 amide bonds. The average molecular weight is 818 g/mol. The highest BCUT2D eigenvalue weighted by molar-refractivity contribution is 5.84. The number of nitrogens with zero attached hydrogens (tertiary/aromatic N) is 3. The monoisotopic (exact) mass is 818 g/mol. The van der Waals surface area contributed by atoms with Gasteiger partial charge < -0.3 is 14.7 Å². The Morgan fingerprint density at radius 3 is 2.03 bits per heavy atom. The van der Waals surface area contributed by atoms with Crippen LogP contribution in [-0.2, 0) is 19.1 Å². The molecule has 8 nitrogen and oxygen atoms in total. The Morgan fingerprint density at radius 2 is 1.39 bits per heavy atom. The van der Waals surface area contributed by atoms with Crippen molar-refractivity contribution in [2.24, 2.45) is 79.3 Å². The van der Waals surface area contributed by atoms with Crippen LogP contribution in [-0.4, -0.2) is 95.1 Å². The molecule has 7 aliphatic carbocycles. The zero-order valence-electron chi connectivity index (χ0n) is 39.0. The van der Waals surface area contributed by atoms with Gasteiger partial charge in [0.05, 0.1) is 17.3 Å². The van der Waals surface area contributed by atoms with E-state index in [9.17, 15) is 14.7 Å². The molecule has 9 aliphatic rings. The van der Waals surface area contributed by atoms with Crippen molar-refractivity contribution in [3.05, 3.63) is 0 Å². The quantitative estimate of drug-likeness (QED) is 0.244. The van der Waals surface area contributed by atoms with Crippen LogP contribution in [0.2, 0.25) is 0 Å². The second kappa shape index (κ2) is 14.2. The first kappa shape index (κ1) is 42.6. The van der Waals surface area contributed by atoms with E-state index < -0.39 is 17.3 Å². The zero-order chi connectivity index (χ0) is 42.3. The molecule has 59 heavy (non-hydrogen) atoms.